The third-order valence-electron chi connectivity index (χ3n) is 3.93. The maximum Gasteiger partial charge on any atom is 0.244 e. The van der Waals surface area contributed by atoms with Gasteiger partial charge in [0.2, 0.25) is 15.9 Å². The predicted molar refractivity (Wildman–Crippen MR) is 105 cm³/mol. The number of pyridine rings is 1. The van der Waals surface area contributed by atoms with Crippen molar-refractivity contribution in [3.63, 3.8) is 0 Å². The highest BCUT2D eigenvalue weighted by atomic mass is 32.2. The molecule has 28 heavy (non-hydrogen) atoms. The van der Waals surface area contributed by atoms with Crippen molar-refractivity contribution in [2.75, 3.05) is 33.0 Å². The SMILES string of the molecule is CN(C)S(=O)(=O)c1ccc(SCC(=O)NC[C@@H]2COc3ccccc3O2)nc1. The van der Waals surface area contributed by atoms with E-state index in [1.54, 1.807) is 6.07 Å². The van der Waals surface area contributed by atoms with Crippen LogP contribution in [0.4, 0.5) is 0 Å². The number of fused-ring (bicyclic) bond motifs is 1. The third-order valence-corrected chi connectivity index (χ3v) is 6.68. The highest BCUT2D eigenvalue weighted by molar-refractivity contribution is 7.99. The quantitative estimate of drug-likeness (QED) is 0.672. The van der Waals surface area contributed by atoms with Gasteiger partial charge < -0.3 is 14.8 Å². The Kier molecular flexibility index (Phi) is 6.42. The Morgan fingerprint density at radius 3 is 2.68 bits per heavy atom. The van der Waals surface area contributed by atoms with Crippen molar-refractivity contribution in [1.29, 1.82) is 0 Å². The van der Waals surface area contributed by atoms with Gasteiger partial charge in [0.05, 0.1) is 17.3 Å². The Labute approximate surface area is 168 Å². The van der Waals surface area contributed by atoms with E-state index in [0.29, 0.717) is 29.7 Å². The van der Waals surface area contributed by atoms with Crippen molar-refractivity contribution < 1.29 is 22.7 Å². The Morgan fingerprint density at radius 2 is 2.00 bits per heavy atom. The first kappa shape index (κ1) is 20.4. The van der Waals surface area contributed by atoms with Crippen molar-refractivity contribution in [2.45, 2.75) is 16.0 Å². The number of sulfonamides is 1. The van der Waals surface area contributed by atoms with Crippen LogP contribution in [-0.2, 0) is 14.8 Å². The van der Waals surface area contributed by atoms with Gasteiger partial charge in [0.15, 0.2) is 11.5 Å². The van der Waals surface area contributed by atoms with Crippen LogP contribution >= 0.6 is 11.8 Å². The molecule has 10 heteroatoms. The molecule has 1 aromatic heterocycles. The summed E-state index contributed by atoms with van der Waals surface area (Å²) in [6, 6.07) is 10.5. The molecule has 1 N–H and O–H groups in total. The van der Waals surface area contributed by atoms with E-state index in [1.165, 1.54) is 38.1 Å². The van der Waals surface area contributed by atoms with Gasteiger partial charge in [-0.25, -0.2) is 17.7 Å². The number of benzene rings is 1. The third kappa shape index (κ3) is 4.94. The molecule has 8 nitrogen and oxygen atoms in total. The van der Waals surface area contributed by atoms with Crippen LogP contribution in [0.2, 0.25) is 0 Å². The van der Waals surface area contributed by atoms with E-state index in [9.17, 15) is 13.2 Å². The van der Waals surface area contributed by atoms with Crippen LogP contribution in [0.5, 0.6) is 11.5 Å². The van der Waals surface area contributed by atoms with Crippen molar-refractivity contribution >= 4 is 27.7 Å². The summed E-state index contributed by atoms with van der Waals surface area (Å²) in [5.41, 5.74) is 0. The molecule has 0 saturated carbocycles. The number of nitrogens with one attached hydrogen (secondary N) is 1. The van der Waals surface area contributed by atoms with Crippen LogP contribution in [0.25, 0.3) is 0 Å². The average Bonchev–Trinajstić information content (AvgIpc) is 2.70. The molecule has 0 unspecified atom stereocenters. The van der Waals surface area contributed by atoms with Crippen LogP contribution in [-0.4, -0.2) is 62.7 Å². The zero-order valence-electron chi connectivity index (χ0n) is 15.5. The lowest BCUT2D eigenvalue weighted by Gasteiger charge is -2.26. The molecule has 1 aliphatic rings. The minimum absolute atomic E-state index is 0.112. The second kappa shape index (κ2) is 8.80. The molecule has 2 heterocycles. The summed E-state index contributed by atoms with van der Waals surface area (Å²) in [4.78, 5) is 16.3. The Morgan fingerprint density at radius 1 is 1.25 bits per heavy atom. The number of carbonyl (C=O) groups excluding carboxylic acids is 1. The first-order valence-electron chi connectivity index (χ1n) is 8.53. The Balaban J connectivity index is 1.45. The summed E-state index contributed by atoms with van der Waals surface area (Å²) in [7, 11) is -0.590. The molecule has 0 radical (unpaired) electrons. The van der Waals surface area contributed by atoms with Gasteiger partial charge in [-0.3, -0.25) is 4.79 Å². The zero-order chi connectivity index (χ0) is 20.1. The van der Waals surface area contributed by atoms with Gasteiger partial charge >= 0.3 is 0 Å². The molecule has 2 aromatic rings. The number of thioether (sulfide) groups is 1. The first-order chi connectivity index (χ1) is 13.4. The van der Waals surface area contributed by atoms with Crippen molar-refractivity contribution in [1.82, 2.24) is 14.6 Å². The summed E-state index contributed by atoms with van der Waals surface area (Å²) in [5.74, 6) is 1.36. The summed E-state index contributed by atoms with van der Waals surface area (Å²) in [6.45, 7) is 0.703. The second-order valence-electron chi connectivity index (χ2n) is 6.21. The lowest BCUT2D eigenvalue weighted by molar-refractivity contribution is -0.119. The smallest absolute Gasteiger partial charge is 0.244 e. The summed E-state index contributed by atoms with van der Waals surface area (Å²) < 4.78 is 36.6. The molecule has 1 amide bonds. The van der Waals surface area contributed by atoms with Crippen molar-refractivity contribution in [2.24, 2.45) is 0 Å². The standard InChI is InChI=1S/C18H21N3O5S2/c1-21(2)28(23,24)14-7-8-18(20-10-14)27-12-17(22)19-9-13-11-25-15-5-3-4-6-16(15)26-13/h3-8,10,13H,9,11-12H2,1-2H3,(H,19,22)/t13-/m1/s1. The number of rotatable bonds is 7. The Bertz CT molecular complexity index is 932. The van der Waals surface area contributed by atoms with Gasteiger partial charge in [-0.2, -0.15) is 0 Å². The molecule has 0 spiro atoms. The molecule has 1 atom stereocenters. The topological polar surface area (TPSA) is 97.8 Å². The highest BCUT2D eigenvalue weighted by Crippen LogP contribution is 2.30. The number of ether oxygens (including phenoxy) is 2. The van der Waals surface area contributed by atoms with Crippen LogP contribution in [0.15, 0.2) is 52.5 Å². The monoisotopic (exact) mass is 423 g/mol. The predicted octanol–water partition coefficient (Wildman–Crippen LogP) is 1.38. The molecule has 3 rings (SSSR count). The van der Waals surface area contributed by atoms with Crippen LogP contribution in [0.3, 0.4) is 0 Å². The van der Waals surface area contributed by atoms with Gasteiger partial charge in [-0.15, -0.1) is 0 Å². The molecule has 0 fully saturated rings. The number of hydrogen-bond acceptors (Lipinski definition) is 7. The fourth-order valence-electron chi connectivity index (χ4n) is 2.40. The number of nitrogens with zero attached hydrogens (tertiary/aromatic N) is 2. The molecule has 0 saturated heterocycles. The van der Waals surface area contributed by atoms with Crippen molar-refractivity contribution in [3.8, 4) is 11.5 Å². The lowest BCUT2D eigenvalue weighted by Crippen LogP contribution is -2.41. The highest BCUT2D eigenvalue weighted by Gasteiger charge is 2.21. The molecule has 0 bridgehead atoms. The van der Waals surface area contributed by atoms with Crippen molar-refractivity contribution in [3.05, 3.63) is 42.6 Å². The average molecular weight is 424 g/mol. The van der Waals surface area contributed by atoms with E-state index < -0.39 is 10.0 Å². The molecular formula is C18H21N3O5S2. The van der Waals surface area contributed by atoms with E-state index in [-0.39, 0.29) is 22.7 Å². The number of amides is 1. The minimum atomic E-state index is -3.51. The summed E-state index contributed by atoms with van der Waals surface area (Å²) >= 11 is 1.23. The zero-order valence-corrected chi connectivity index (χ0v) is 17.1. The molecule has 1 aliphatic heterocycles. The summed E-state index contributed by atoms with van der Waals surface area (Å²) in [5, 5.41) is 3.38. The molecule has 1 aromatic carbocycles. The van der Waals surface area contributed by atoms with Gasteiger partial charge in [0, 0.05) is 20.3 Å². The fourth-order valence-corrected chi connectivity index (χ4v) is 3.92. The maximum atomic E-state index is 12.1. The van der Waals surface area contributed by atoms with Gasteiger partial charge in [0.25, 0.3) is 0 Å². The number of carbonyl (C=O) groups is 1. The summed E-state index contributed by atoms with van der Waals surface area (Å²) in [6.07, 6.45) is 1.04. The van der Waals surface area contributed by atoms with E-state index in [0.717, 1.165) is 4.31 Å². The van der Waals surface area contributed by atoms with Crippen LogP contribution in [0.1, 0.15) is 0 Å². The minimum Gasteiger partial charge on any atom is -0.486 e. The molecule has 150 valence electrons. The molecule has 0 aliphatic carbocycles. The Hall–Kier alpha value is -2.30. The lowest BCUT2D eigenvalue weighted by atomic mass is 10.2. The maximum absolute atomic E-state index is 12.1. The largest absolute Gasteiger partial charge is 0.486 e. The van der Waals surface area contributed by atoms with Crippen LogP contribution in [0, 0.1) is 0 Å². The van der Waals surface area contributed by atoms with E-state index in [1.807, 2.05) is 24.3 Å². The van der Waals surface area contributed by atoms with Crippen LogP contribution < -0.4 is 14.8 Å². The number of para-hydroxylation sites is 2. The number of hydrogen-bond donors (Lipinski definition) is 1. The van der Waals surface area contributed by atoms with E-state index >= 15 is 0 Å². The fraction of sp³-hybridized carbons (Fsp3) is 0.333. The van der Waals surface area contributed by atoms with E-state index in [4.69, 9.17) is 9.47 Å². The van der Waals surface area contributed by atoms with Gasteiger partial charge in [0.1, 0.15) is 17.6 Å². The first-order valence-corrected chi connectivity index (χ1v) is 11.0. The second-order valence-corrected chi connectivity index (χ2v) is 9.36. The normalized spacial score (nSPS) is 16.0. The van der Waals surface area contributed by atoms with Gasteiger partial charge in [-0.1, -0.05) is 23.9 Å². The van der Waals surface area contributed by atoms with Gasteiger partial charge in [-0.05, 0) is 24.3 Å². The number of aromatic nitrogens is 1. The molecular weight excluding hydrogens is 402 g/mol. The van der Waals surface area contributed by atoms with E-state index in [2.05, 4.69) is 10.3 Å².